The molecule has 0 amide bonds. The Bertz CT molecular complexity index is 787. The van der Waals surface area contributed by atoms with Crippen molar-refractivity contribution in [2.75, 3.05) is 19.7 Å². The second kappa shape index (κ2) is 15.0. The highest BCUT2D eigenvalue weighted by Gasteiger charge is 2.11. The van der Waals surface area contributed by atoms with Crippen LogP contribution in [-0.2, 0) is 6.54 Å². The zero-order valence-electron chi connectivity index (χ0n) is 18.5. The van der Waals surface area contributed by atoms with Crippen molar-refractivity contribution in [3.05, 3.63) is 54.0 Å². The van der Waals surface area contributed by atoms with Crippen LogP contribution in [0.1, 0.15) is 39.2 Å². The van der Waals surface area contributed by atoms with Crippen molar-refractivity contribution in [3.63, 3.8) is 0 Å². The molecule has 0 radical (unpaired) electrons. The van der Waals surface area contributed by atoms with E-state index in [1.54, 1.807) is 24.4 Å². The lowest BCUT2D eigenvalue weighted by molar-refractivity contribution is 0.243. The lowest BCUT2D eigenvalue weighted by Crippen LogP contribution is -2.40. The molecule has 6 nitrogen and oxygen atoms in total. The maximum atomic E-state index is 13.3. The highest BCUT2D eigenvalue weighted by Crippen LogP contribution is 2.20. The number of aromatic nitrogens is 1. The molecule has 8 heteroatoms. The van der Waals surface area contributed by atoms with Crippen molar-refractivity contribution >= 4 is 29.9 Å². The Hall–Kier alpha value is -1.94. The van der Waals surface area contributed by atoms with E-state index in [-0.39, 0.29) is 36.4 Å². The molecule has 1 aromatic heterocycles. The van der Waals surface area contributed by atoms with Crippen molar-refractivity contribution in [1.29, 1.82) is 0 Å². The predicted molar refractivity (Wildman–Crippen MR) is 134 cm³/mol. The number of benzene rings is 1. The second-order valence-corrected chi connectivity index (χ2v) is 7.65. The number of aliphatic imine (C=N–C) groups is 1. The van der Waals surface area contributed by atoms with Gasteiger partial charge in [0.1, 0.15) is 11.6 Å². The van der Waals surface area contributed by atoms with Gasteiger partial charge in [0.15, 0.2) is 5.96 Å². The number of nitrogens with zero attached hydrogens (tertiary/aromatic N) is 2. The quantitative estimate of drug-likeness (QED) is 0.217. The van der Waals surface area contributed by atoms with Gasteiger partial charge in [-0.3, -0.25) is 0 Å². The molecule has 1 atom stereocenters. The summed E-state index contributed by atoms with van der Waals surface area (Å²) in [4.78, 5) is 8.90. The normalized spacial score (nSPS) is 12.3. The minimum absolute atomic E-state index is 0. The highest BCUT2D eigenvalue weighted by atomic mass is 127. The number of hydrogen-bond donors (Lipinski definition) is 3. The van der Waals surface area contributed by atoms with Crippen molar-refractivity contribution in [1.82, 2.24) is 15.6 Å². The SMILES string of the molecule is CCNC(=NCc1ccc(Oc2cccc(F)c2)nc1)NCC(CCO)CC(C)C.I. The predicted octanol–water partition coefficient (Wildman–Crippen LogP) is 4.73. The van der Waals surface area contributed by atoms with Gasteiger partial charge in [0.25, 0.3) is 0 Å². The summed E-state index contributed by atoms with van der Waals surface area (Å²) in [7, 11) is 0. The number of aliphatic hydroxyl groups excluding tert-OH is 1. The molecule has 0 bridgehead atoms. The van der Waals surface area contributed by atoms with E-state index in [2.05, 4.69) is 34.5 Å². The maximum Gasteiger partial charge on any atom is 0.219 e. The fourth-order valence-corrected chi connectivity index (χ4v) is 3.12. The van der Waals surface area contributed by atoms with Gasteiger partial charge < -0.3 is 20.5 Å². The van der Waals surface area contributed by atoms with Crippen LogP contribution in [0.25, 0.3) is 0 Å². The molecular formula is C23H34FIN4O2. The van der Waals surface area contributed by atoms with E-state index < -0.39 is 0 Å². The number of aliphatic hydroxyl groups is 1. The average Bonchev–Trinajstić information content (AvgIpc) is 2.71. The number of pyridine rings is 1. The Morgan fingerprint density at radius 1 is 1.23 bits per heavy atom. The minimum atomic E-state index is -0.350. The van der Waals surface area contributed by atoms with Gasteiger partial charge in [0.2, 0.25) is 5.88 Å². The monoisotopic (exact) mass is 544 g/mol. The van der Waals surface area contributed by atoms with Gasteiger partial charge in [-0.2, -0.15) is 0 Å². The summed E-state index contributed by atoms with van der Waals surface area (Å²) in [5, 5.41) is 15.9. The molecule has 0 fully saturated rings. The van der Waals surface area contributed by atoms with Crippen LogP contribution in [0.3, 0.4) is 0 Å². The summed E-state index contributed by atoms with van der Waals surface area (Å²) in [6.07, 6.45) is 3.54. The average molecular weight is 544 g/mol. The Kier molecular flexibility index (Phi) is 13.1. The number of hydrogen-bond acceptors (Lipinski definition) is 4. The topological polar surface area (TPSA) is 78.8 Å². The molecule has 1 unspecified atom stereocenters. The van der Waals surface area contributed by atoms with Gasteiger partial charge in [-0.25, -0.2) is 14.4 Å². The van der Waals surface area contributed by atoms with E-state index in [1.807, 2.05) is 13.0 Å². The lowest BCUT2D eigenvalue weighted by Gasteiger charge is -2.20. The third-order valence-corrected chi connectivity index (χ3v) is 4.48. The first-order chi connectivity index (χ1) is 14.5. The van der Waals surface area contributed by atoms with E-state index in [4.69, 9.17) is 4.74 Å². The fourth-order valence-electron chi connectivity index (χ4n) is 3.12. The summed E-state index contributed by atoms with van der Waals surface area (Å²) in [5.41, 5.74) is 0.938. The van der Waals surface area contributed by atoms with Crippen LogP contribution in [0, 0.1) is 17.7 Å². The standard InChI is InChI=1S/C23H33FN4O2.HI/c1-4-25-23(27-14-18(10-11-29)12-17(2)3)28-16-19-8-9-22(26-15-19)30-21-7-5-6-20(24)13-21;/h5-9,13,15,17-18,29H,4,10-12,14,16H2,1-3H3,(H2,25,27,28);1H. The first kappa shape index (κ1) is 27.1. The largest absolute Gasteiger partial charge is 0.439 e. The first-order valence-electron chi connectivity index (χ1n) is 10.5. The van der Waals surface area contributed by atoms with E-state index in [1.165, 1.54) is 12.1 Å². The summed E-state index contributed by atoms with van der Waals surface area (Å²) in [6, 6.07) is 9.60. The number of nitrogens with one attached hydrogen (secondary N) is 2. The van der Waals surface area contributed by atoms with Crippen LogP contribution in [-0.4, -0.2) is 35.7 Å². The van der Waals surface area contributed by atoms with Crippen LogP contribution in [0.4, 0.5) is 4.39 Å². The lowest BCUT2D eigenvalue weighted by atomic mass is 9.94. The Labute approximate surface area is 201 Å². The first-order valence-corrected chi connectivity index (χ1v) is 10.5. The van der Waals surface area contributed by atoms with Crippen LogP contribution < -0.4 is 15.4 Å². The van der Waals surface area contributed by atoms with Gasteiger partial charge in [0, 0.05) is 38.0 Å². The van der Waals surface area contributed by atoms with E-state index in [9.17, 15) is 9.50 Å². The molecule has 172 valence electrons. The van der Waals surface area contributed by atoms with Gasteiger partial charge in [-0.1, -0.05) is 26.0 Å². The molecule has 0 saturated carbocycles. The van der Waals surface area contributed by atoms with Gasteiger partial charge in [-0.05, 0) is 49.3 Å². The zero-order valence-corrected chi connectivity index (χ0v) is 20.8. The molecule has 1 aromatic carbocycles. The third kappa shape index (κ3) is 10.8. The molecule has 31 heavy (non-hydrogen) atoms. The van der Waals surface area contributed by atoms with Gasteiger partial charge >= 0.3 is 0 Å². The van der Waals surface area contributed by atoms with Crippen molar-refractivity contribution in [3.8, 4) is 11.6 Å². The number of guanidine groups is 1. The zero-order chi connectivity index (χ0) is 21.8. The van der Waals surface area contributed by atoms with Crippen LogP contribution in [0.2, 0.25) is 0 Å². The Morgan fingerprint density at radius 3 is 2.65 bits per heavy atom. The van der Waals surface area contributed by atoms with Crippen molar-refractivity contribution in [2.24, 2.45) is 16.8 Å². The molecule has 0 aliphatic rings. The van der Waals surface area contributed by atoms with Gasteiger partial charge in [-0.15, -0.1) is 24.0 Å². The van der Waals surface area contributed by atoms with Crippen LogP contribution in [0.15, 0.2) is 47.6 Å². The Morgan fingerprint density at radius 2 is 2.03 bits per heavy atom. The van der Waals surface area contributed by atoms with E-state index in [0.29, 0.717) is 30.0 Å². The smallest absolute Gasteiger partial charge is 0.219 e. The maximum absolute atomic E-state index is 13.3. The number of halogens is 2. The number of ether oxygens (including phenoxy) is 1. The van der Waals surface area contributed by atoms with Crippen LogP contribution >= 0.6 is 24.0 Å². The van der Waals surface area contributed by atoms with E-state index >= 15 is 0 Å². The van der Waals surface area contributed by atoms with Gasteiger partial charge in [0.05, 0.1) is 6.54 Å². The summed E-state index contributed by atoms with van der Waals surface area (Å²) >= 11 is 0. The van der Waals surface area contributed by atoms with Crippen molar-refractivity contribution in [2.45, 2.75) is 40.2 Å². The molecule has 0 aliphatic carbocycles. The molecule has 2 aromatic rings. The Balaban J connectivity index is 0.00000480. The summed E-state index contributed by atoms with van der Waals surface area (Å²) in [6.45, 7) is 8.61. The van der Waals surface area contributed by atoms with Crippen LogP contribution in [0.5, 0.6) is 11.6 Å². The van der Waals surface area contributed by atoms with E-state index in [0.717, 1.165) is 37.5 Å². The number of rotatable bonds is 11. The molecule has 2 rings (SSSR count). The second-order valence-electron chi connectivity index (χ2n) is 7.65. The molecular weight excluding hydrogens is 510 g/mol. The summed E-state index contributed by atoms with van der Waals surface area (Å²) in [5.74, 6) is 2.19. The molecule has 0 saturated heterocycles. The molecule has 0 spiro atoms. The minimum Gasteiger partial charge on any atom is -0.439 e. The molecule has 1 heterocycles. The molecule has 3 N–H and O–H groups in total. The fraction of sp³-hybridized carbons (Fsp3) is 0.478. The third-order valence-electron chi connectivity index (χ3n) is 4.48. The summed E-state index contributed by atoms with van der Waals surface area (Å²) < 4.78 is 18.8. The van der Waals surface area contributed by atoms with Crippen molar-refractivity contribution < 1.29 is 14.2 Å². The molecule has 0 aliphatic heterocycles. The highest BCUT2D eigenvalue weighted by molar-refractivity contribution is 14.0.